The van der Waals surface area contributed by atoms with Gasteiger partial charge in [0.05, 0.1) is 19.0 Å². The van der Waals surface area contributed by atoms with Gasteiger partial charge in [0.25, 0.3) is 0 Å². The van der Waals surface area contributed by atoms with Gasteiger partial charge in [0.2, 0.25) is 0 Å². The van der Waals surface area contributed by atoms with Gasteiger partial charge in [-0.25, -0.2) is 0 Å². The van der Waals surface area contributed by atoms with Crippen LogP contribution in [-0.4, -0.2) is 44.3 Å². The van der Waals surface area contributed by atoms with E-state index in [2.05, 4.69) is 17.3 Å². The number of hydrogen-bond acceptors (Lipinski definition) is 4. The summed E-state index contributed by atoms with van der Waals surface area (Å²) in [6, 6.07) is 2.04. The van der Waals surface area contributed by atoms with Crippen molar-refractivity contribution in [1.82, 2.24) is 10.2 Å². The van der Waals surface area contributed by atoms with Crippen LogP contribution in [0.15, 0.2) is 16.7 Å². The van der Waals surface area contributed by atoms with Crippen LogP contribution >= 0.6 is 0 Å². The molecule has 1 fully saturated rings. The maximum absolute atomic E-state index is 5.90. The number of nitrogens with one attached hydrogen (secondary N) is 1. The molecular formula is C14H24N2O2. The number of nitrogens with zero attached hydrogens (tertiary/aromatic N) is 1. The van der Waals surface area contributed by atoms with Crippen LogP contribution in [0.1, 0.15) is 24.2 Å². The minimum Gasteiger partial charge on any atom is -0.469 e. The summed E-state index contributed by atoms with van der Waals surface area (Å²) in [6.07, 6.45) is 4.49. The Morgan fingerprint density at radius 2 is 2.22 bits per heavy atom. The van der Waals surface area contributed by atoms with Gasteiger partial charge in [0.1, 0.15) is 5.76 Å². The first kappa shape index (κ1) is 13.6. The molecule has 2 heterocycles. The van der Waals surface area contributed by atoms with Crippen molar-refractivity contribution in [3.8, 4) is 0 Å². The van der Waals surface area contributed by atoms with E-state index in [-0.39, 0.29) is 0 Å². The minimum absolute atomic E-state index is 0.454. The Balaban J connectivity index is 1.62. The summed E-state index contributed by atoms with van der Waals surface area (Å²) in [5.41, 5.74) is 1.26. The van der Waals surface area contributed by atoms with Crippen molar-refractivity contribution in [1.29, 1.82) is 0 Å². The molecular weight excluding hydrogens is 228 g/mol. The minimum atomic E-state index is 0.454. The van der Waals surface area contributed by atoms with Crippen LogP contribution in [0.25, 0.3) is 0 Å². The highest BCUT2D eigenvalue weighted by Crippen LogP contribution is 2.11. The normalized spacial score (nSPS) is 17.5. The summed E-state index contributed by atoms with van der Waals surface area (Å²) < 4.78 is 11.2. The van der Waals surface area contributed by atoms with Gasteiger partial charge in [0, 0.05) is 18.7 Å². The second-order valence-corrected chi connectivity index (χ2v) is 5.06. The second-order valence-electron chi connectivity index (χ2n) is 5.06. The summed E-state index contributed by atoms with van der Waals surface area (Å²) in [6.45, 7) is 6.91. The Kier molecular flexibility index (Phi) is 5.23. The Bertz CT molecular complexity index is 345. The first-order chi connectivity index (χ1) is 8.75. The van der Waals surface area contributed by atoms with Crippen molar-refractivity contribution in [2.75, 3.05) is 33.3 Å². The van der Waals surface area contributed by atoms with Gasteiger partial charge < -0.3 is 14.5 Å². The summed E-state index contributed by atoms with van der Waals surface area (Å²) >= 11 is 0. The van der Waals surface area contributed by atoms with Crippen molar-refractivity contribution in [3.63, 3.8) is 0 Å². The summed E-state index contributed by atoms with van der Waals surface area (Å²) in [7, 11) is 2.12. The van der Waals surface area contributed by atoms with Crippen molar-refractivity contribution >= 4 is 0 Å². The molecule has 1 N–H and O–H groups in total. The summed E-state index contributed by atoms with van der Waals surface area (Å²) in [4.78, 5) is 2.28. The van der Waals surface area contributed by atoms with Crippen LogP contribution in [0, 0.1) is 6.92 Å². The number of likely N-dealkylation sites (N-methyl/N-ethyl adjacent to an activating group) is 1. The highest BCUT2D eigenvalue weighted by molar-refractivity contribution is 5.14. The van der Waals surface area contributed by atoms with E-state index in [4.69, 9.17) is 9.15 Å². The maximum atomic E-state index is 5.90. The van der Waals surface area contributed by atoms with Gasteiger partial charge in [-0.3, -0.25) is 4.90 Å². The molecule has 0 spiro atoms. The van der Waals surface area contributed by atoms with Crippen LogP contribution in [0.4, 0.5) is 0 Å². The largest absolute Gasteiger partial charge is 0.469 e. The summed E-state index contributed by atoms with van der Waals surface area (Å²) in [5, 5.41) is 3.35. The van der Waals surface area contributed by atoms with E-state index in [1.165, 1.54) is 5.56 Å². The fourth-order valence-corrected chi connectivity index (χ4v) is 2.28. The molecule has 1 aromatic rings. The summed E-state index contributed by atoms with van der Waals surface area (Å²) in [5.74, 6) is 1.01. The highest BCUT2D eigenvalue weighted by Gasteiger charge is 2.13. The van der Waals surface area contributed by atoms with E-state index < -0.39 is 0 Å². The molecule has 0 unspecified atom stereocenters. The third-order valence-corrected chi connectivity index (χ3v) is 3.52. The fourth-order valence-electron chi connectivity index (χ4n) is 2.28. The molecule has 102 valence electrons. The lowest BCUT2D eigenvalue weighted by Crippen LogP contribution is -2.34. The molecule has 4 nitrogen and oxygen atoms in total. The molecule has 1 saturated heterocycles. The molecule has 1 aromatic heterocycles. The molecule has 0 amide bonds. The molecule has 0 saturated carbocycles. The van der Waals surface area contributed by atoms with E-state index in [0.717, 1.165) is 51.4 Å². The molecule has 0 aliphatic carbocycles. The zero-order chi connectivity index (χ0) is 12.8. The molecule has 0 bridgehead atoms. The molecule has 1 aliphatic rings. The van der Waals surface area contributed by atoms with Crippen molar-refractivity contribution in [2.24, 2.45) is 0 Å². The lowest BCUT2D eigenvalue weighted by atomic mass is 10.1. The fraction of sp³-hybridized carbons (Fsp3) is 0.714. The Morgan fingerprint density at radius 1 is 1.44 bits per heavy atom. The number of aryl methyl sites for hydroxylation is 1. The smallest absolute Gasteiger partial charge is 0.105 e. The van der Waals surface area contributed by atoms with Gasteiger partial charge in [-0.2, -0.15) is 0 Å². The van der Waals surface area contributed by atoms with Crippen LogP contribution < -0.4 is 5.32 Å². The van der Waals surface area contributed by atoms with E-state index in [0.29, 0.717) is 6.10 Å². The average molecular weight is 252 g/mol. The SMILES string of the molecule is Cc1occc1CN(C)CCOC1CCNCC1. The quantitative estimate of drug-likeness (QED) is 0.837. The maximum Gasteiger partial charge on any atom is 0.105 e. The Hall–Kier alpha value is -0.840. The standard InChI is InChI=1S/C14H24N2O2/c1-12-13(5-9-17-12)11-16(2)8-10-18-14-3-6-15-7-4-14/h5,9,14-15H,3-4,6-8,10-11H2,1-2H3. The number of piperidine rings is 1. The molecule has 18 heavy (non-hydrogen) atoms. The first-order valence-corrected chi connectivity index (χ1v) is 6.79. The second kappa shape index (κ2) is 6.92. The average Bonchev–Trinajstić information content (AvgIpc) is 2.76. The Labute approximate surface area is 109 Å². The third-order valence-electron chi connectivity index (χ3n) is 3.52. The van der Waals surface area contributed by atoms with E-state index >= 15 is 0 Å². The lowest BCUT2D eigenvalue weighted by molar-refractivity contribution is 0.0223. The van der Waals surface area contributed by atoms with Gasteiger partial charge in [-0.1, -0.05) is 0 Å². The molecule has 0 radical (unpaired) electrons. The van der Waals surface area contributed by atoms with E-state index in [1.54, 1.807) is 6.26 Å². The van der Waals surface area contributed by atoms with Crippen LogP contribution in [0.3, 0.4) is 0 Å². The first-order valence-electron chi connectivity index (χ1n) is 6.79. The van der Waals surface area contributed by atoms with Gasteiger partial charge in [0.15, 0.2) is 0 Å². The van der Waals surface area contributed by atoms with Crippen molar-refractivity contribution in [3.05, 3.63) is 23.7 Å². The predicted molar refractivity (Wildman–Crippen MR) is 71.6 cm³/mol. The topological polar surface area (TPSA) is 37.6 Å². The van der Waals surface area contributed by atoms with Gasteiger partial charge in [-0.05, 0) is 46.0 Å². The van der Waals surface area contributed by atoms with Crippen LogP contribution in [0.2, 0.25) is 0 Å². The number of ether oxygens (including phenoxy) is 1. The van der Waals surface area contributed by atoms with Crippen LogP contribution in [-0.2, 0) is 11.3 Å². The highest BCUT2D eigenvalue weighted by atomic mass is 16.5. The molecule has 1 aliphatic heterocycles. The monoisotopic (exact) mass is 252 g/mol. The van der Waals surface area contributed by atoms with Crippen molar-refractivity contribution < 1.29 is 9.15 Å². The zero-order valence-electron chi connectivity index (χ0n) is 11.4. The number of rotatable bonds is 6. The van der Waals surface area contributed by atoms with Gasteiger partial charge >= 0.3 is 0 Å². The Morgan fingerprint density at radius 3 is 2.89 bits per heavy atom. The predicted octanol–water partition coefficient (Wildman–Crippen LogP) is 1.79. The van der Waals surface area contributed by atoms with E-state index in [1.807, 2.05) is 13.0 Å². The number of furan rings is 1. The van der Waals surface area contributed by atoms with Crippen molar-refractivity contribution in [2.45, 2.75) is 32.4 Å². The number of hydrogen-bond donors (Lipinski definition) is 1. The van der Waals surface area contributed by atoms with Crippen LogP contribution in [0.5, 0.6) is 0 Å². The molecule has 2 rings (SSSR count). The zero-order valence-corrected chi connectivity index (χ0v) is 11.4. The molecule has 0 aromatic carbocycles. The van der Waals surface area contributed by atoms with Gasteiger partial charge in [-0.15, -0.1) is 0 Å². The molecule has 4 heteroatoms. The lowest BCUT2D eigenvalue weighted by Gasteiger charge is -2.24. The third kappa shape index (κ3) is 4.12. The molecule has 0 atom stereocenters. The van der Waals surface area contributed by atoms with E-state index in [9.17, 15) is 0 Å².